The van der Waals surface area contributed by atoms with Crippen molar-refractivity contribution in [3.05, 3.63) is 60.9 Å². The molecule has 1 aliphatic rings. The van der Waals surface area contributed by atoms with Crippen LogP contribution in [0, 0.1) is 5.92 Å². The quantitative estimate of drug-likeness (QED) is 0.516. The average molecular weight is 399 g/mol. The van der Waals surface area contributed by atoms with Gasteiger partial charge in [0.2, 0.25) is 5.91 Å². The van der Waals surface area contributed by atoms with Crippen molar-refractivity contribution in [1.29, 1.82) is 0 Å². The lowest BCUT2D eigenvalue weighted by Gasteiger charge is -2.14. The van der Waals surface area contributed by atoms with Crippen molar-refractivity contribution in [1.82, 2.24) is 25.3 Å². The molecule has 0 unspecified atom stereocenters. The SMILES string of the molecule is CCNC(=O)[C@H]1CC[C@@H](n2nncc2-c2ccc(-c3ccc4cc[nH]c4c3)cc2)C1. The van der Waals surface area contributed by atoms with Crippen molar-refractivity contribution >= 4 is 16.8 Å². The van der Waals surface area contributed by atoms with Gasteiger partial charge < -0.3 is 10.3 Å². The van der Waals surface area contributed by atoms with Gasteiger partial charge in [0.25, 0.3) is 0 Å². The zero-order valence-corrected chi connectivity index (χ0v) is 17.0. The van der Waals surface area contributed by atoms with Gasteiger partial charge in [0, 0.05) is 29.7 Å². The standard InChI is InChI=1S/C24H25N5O/c1-2-25-24(30)20-9-10-21(13-20)29-23(15-27-28-29)18-6-3-16(4-7-18)19-8-5-17-11-12-26-22(17)14-19/h3-8,11-12,14-15,20-21,26H,2,9-10,13H2,1H3,(H,25,30)/t20-,21+/m0/s1. The normalized spacial score (nSPS) is 18.7. The second-order valence-electron chi connectivity index (χ2n) is 7.98. The van der Waals surface area contributed by atoms with E-state index in [1.165, 1.54) is 16.5 Å². The maximum atomic E-state index is 12.2. The van der Waals surface area contributed by atoms with Gasteiger partial charge in [-0.25, -0.2) is 4.68 Å². The molecule has 0 bridgehead atoms. The minimum Gasteiger partial charge on any atom is -0.361 e. The number of benzene rings is 2. The van der Waals surface area contributed by atoms with Crippen molar-refractivity contribution in [2.45, 2.75) is 32.2 Å². The number of carbonyl (C=O) groups excluding carboxylic acids is 1. The first-order chi connectivity index (χ1) is 14.7. The highest BCUT2D eigenvalue weighted by Crippen LogP contribution is 2.37. The van der Waals surface area contributed by atoms with Crippen molar-refractivity contribution < 1.29 is 4.79 Å². The molecule has 4 aromatic rings. The Morgan fingerprint density at radius 3 is 2.73 bits per heavy atom. The molecule has 2 aromatic carbocycles. The first-order valence-electron chi connectivity index (χ1n) is 10.6. The third-order valence-electron chi connectivity index (χ3n) is 6.12. The minimum atomic E-state index is 0.0669. The lowest BCUT2D eigenvalue weighted by atomic mass is 10.0. The third kappa shape index (κ3) is 3.38. The number of aromatic nitrogens is 4. The van der Waals surface area contributed by atoms with Crippen LogP contribution in [0.4, 0.5) is 0 Å². The van der Waals surface area contributed by atoms with Gasteiger partial charge in [0.1, 0.15) is 0 Å². The van der Waals surface area contributed by atoms with Gasteiger partial charge in [-0.1, -0.05) is 41.6 Å². The molecule has 0 radical (unpaired) electrons. The van der Waals surface area contributed by atoms with Crippen LogP contribution < -0.4 is 5.32 Å². The fourth-order valence-corrected chi connectivity index (χ4v) is 4.52. The van der Waals surface area contributed by atoms with Crippen LogP contribution in [0.25, 0.3) is 33.3 Å². The first kappa shape index (κ1) is 18.6. The van der Waals surface area contributed by atoms with Crippen LogP contribution in [0.1, 0.15) is 32.2 Å². The molecule has 1 aliphatic carbocycles. The third-order valence-corrected chi connectivity index (χ3v) is 6.12. The summed E-state index contributed by atoms with van der Waals surface area (Å²) in [7, 11) is 0. The molecule has 1 saturated carbocycles. The number of rotatable bonds is 5. The predicted octanol–water partition coefficient (Wildman–Crippen LogP) is 4.57. The van der Waals surface area contributed by atoms with Crippen LogP contribution in [0.15, 0.2) is 60.9 Å². The van der Waals surface area contributed by atoms with E-state index in [1.807, 2.05) is 24.0 Å². The van der Waals surface area contributed by atoms with Gasteiger partial charge in [-0.05, 0) is 54.8 Å². The summed E-state index contributed by atoms with van der Waals surface area (Å²) in [6, 6.07) is 17.3. The molecule has 2 atom stereocenters. The van der Waals surface area contributed by atoms with Crippen LogP contribution in [-0.4, -0.2) is 32.4 Å². The Morgan fingerprint density at radius 1 is 1.10 bits per heavy atom. The number of H-pyrrole nitrogens is 1. The maximum absolute atomic E-state index is 12.2. The number of nitrogens with one attached hydrogen (secondary N) is 2. The van der Waals surface area contributed by atoms with E-state index < -0.39 is 0 Å². The van der Waals surface area contributed by atoms with Crippen molar-refractivity contribution in [2.75, 3.05) is 6.54 Å². The van der Waals surface area contributed by atoms with E-state index in [2.05, 4.69) is 69.1 Å². The Bertz CT molecular complexity index is 1170. The van der Waals surface area contributed by atoms with Crippen molar-refractivity contribution in [3.63, 3.8) is 0 Å². The van der Waals surface area contributed by atoms with Gasteiger partial charge in [-0.2, -0.15) is 0 Å². The minimum absolute atomic E-state index is 0.0669. The molecule has 6 heteroatoms. The molecule has 2 N–H and O–H groups in total. The Balaban J connectivity index is 1.37. The Morgan fingerprint density at radius 2 is 1.90 bits per heavy atom. The Hall–Kier alpha value is -3.41. The fourth-order valence-electron chi connectivity index (χ4n) is 4.52. The Labute approximate surface area is 175 Å². The molecule has 1 fully saturated rings. The number of hydrogen-bond acceptors (Lipinski definition) is 3. The number of carbonyl (C=O) groups is 1. The highest BCUT2D eigenvalue weighted by molar-refractivity contribution is 5.85. The largest absolute Gasteiger partial charge is 0.361 e. The highest BCUT2D eigenvalue weighted by Gasteiger charge is 2.32. The van der Waals surface area contributed by atoms with E-state index >= 15 is 0 Å². The molecule has 152 valence electrons. The van der Waals surface area contributed by atoms with Gasteiger partial charge >= 0.3 is 0 Å². The van der Waals surface area contributed by atoms with Crippen LogP contribution in [-0.2, 0) is 4.79 Å². The van der Waals surface area contributed by atoms with E-state index in [0.29, 0.717) is 6.54 Å². The van der Waals surface area contributed by atoms with Crippen LogP contribution in [0.3, 0.4) is 0 Å². The summed E-state index contributed by atoms with van der Waals surface area (Å²) in [4.78, 5) is 15.5. The summed E-state index contributed by atoms with van der Waals surface area (Å²) in [5, 5.41) is 12.7. The van der Waals surface area contributed by atoms with E-state index in [-0.39, 0.29) is 17.9 Å². The summed E-state index contributed by atoms with van der Waals surface area (Å²) >= 11 is 0. The summed E-state index contributed by atoms with van der Waals surface area (Å²) < 4.78 is 2.00. The van der Waals surface area contributed by atoms with E-state index in [4.69, 9.17) is 0 Å². The predicted molar refractivity (Wildman–Crippen MR) is 118 cm³/mol. The van der Waals surface area contributed by atoms with Gasteiger partial charge in [-0.15, -0.1) is 5.10 Å². The molecule has 2 heterocycles. The van der Waals surface area contributed by atoms with Crippen molar-refractivity contribution in [2.24, 2.45) is 5.92 Å². The zero-order chi connectivity index (χ0) is 20.5. The monoisotopic (exact) mass is 399 g/mol. The van der Waals surface area contributed by atoms with Gasteiger partial charge in [0.05, 0.1) is 17.9 Å². The van der Waals surface area contributed by atoms with Crippen LogP contribution in [0.2, 0.25) is 0 Å². The van der Waals surface area contributed by atoms with Crippen LogP contribution >= 0.6 is 0 Å². The van der Waals surface area contributed by atoms with Crippen LogP contribution in [0.5, 0.6) is 0 Å². The Kier molecular flexibility index (Phi) is 4.83. The molecular formula is C24H25N5O. The van der Waals surface area contributed by atoms with E-state index in [9.17, 15) is 4.79 Å². The summed E-state index contributed by atoms with van der Waals surface area (Å²) in [6.07, 6.45) is 6.45. The smallest absolute Gasteiger partial charge is 0.223 e. The molecule has 6 nitrogen and oxygen atoms in total. The molecule has 0 saturated heterocycles. The van der Waals surface area contributed by atoms with Crippen molar-refractivity contribution in [3.8, 4) is 22.4 Å². The molecule has 5 rings (SSSR count). The summed E-state index contributed by atoms with van der Waals surface area (Å²) in [5.41, 5.74) is 5.59. The molecular weight excluding hydrogens is 374 g/mol. The number of amides is 1. The van der Waals surface area contributed by atoms with Gasteiger partial charge in [0.15, 0.2) is 0 Å². The number of nitrogens with zero attached hydrogens (tertiary/aromatic N) is 3. The lowest BCUT2D eigenvalue weighted by Crippen LogP contribution is -2.29. The lowest BCUT2D eigenvalue weighted by molar-refractivity contribution is -0.124. The fraction of sp³-hybridized carbons (Fsp3) is 0.292. The maximum Gasteiger partial charge on any atom is 0.223 e. The first-order valence-corrected chi connectivity index (χ1v) is 10.6. The number of hydrogen-bond donors (Lipinski definition) is 2. The molecule has 0 aliphatic heterocycles. The topological polar surface area (TPSA) is 75.6 Å². The number of aromatic amines is 1. The molecule has 30 heavy (non-hydrogen) atoms. The van der Waals surface area contributed by atoms with E-state index in [1.54, 1.807) is 0 Å². The second-order valence-corrected chi connectivity index (χ2v) is 7.98. The number of fused-ring (bicyclic) bond motifs is 1. The molecule has 1 amide bonds. The van der Waals surface area contributed by atoms with E-state index in [0.717, 1.165) is 36.0 Å². The molecule has 2 aromatic heterocycles. The van der Waals surface area contributed by atoms with Gasteiger partial charge in [-0.3, -0.25) is 4.79 Å². The zero-order valence-electron chi connectivity index (χ0n) is 17.0. The molecule has 0 spiro atoms. The summed E-state index contributed by atoms with van der Waals surface area (Å²) in [5.74, 6) is 0.224. The highest BCUT2D eigenvalue weighted by atomic mass is 16.1. The summed E-state index contributed by atoms with van der Waals surface area (Å²) in [6.45, 7) is 2.64. The second kappa shape index (κ2) is 7.78. The average Bonchev–Trinajstić information content (AvgIpc) is 3.53.